The maximum Gasteiger partial charge on any atom is 0.111 e. The first-order valence-corrected chi connectivity index (χ1v) is 4.99. The Bertz CT molecular complexity index is 462. The first-order chi connectivity index (χ1) is 6.77. The molecule has 2 aromatic rings. The first-order valence-electron chi connectivity index (χ1n) is 4.62. The van der Waals surface area contributed by atoms with Crippen molar-refractivity contribution in [3.8, 4) is 0 Å². The molecule has 1 aromatic carbocycles. The summed E-state index contributed by atoms with van der Waals surface area (Å²) >= 11 is 6.04. The van der Waals surface area contributed by atoms with Gasteiger partial charge >= 0.3 is 0 Å². The van der Waals surface area contributed by atoms with Crippen LogP contribution in [-0.4, -0.2) is 9.78 Å². The SMILES string of the molecule is CCn1nc2c(Cl)cccc2c1CN. The van der Waals surface area contributed by atoms with Crippen molar-refractivity contribution in [2.75, 3.05) is 0 Å². The van der Waals surface area contributed by atoms with E-state index in [-0.39, 0.29) is 0 Å². The summed E-state index contributed by atoms with van der Waals surface area (Å²) < 4.78 is 1.90. The minimum Gasteiger partial charge on any atom is -0.325 e. The minimum absolute atomic E-state index is 0.491. The van der Waals surface area contributed by atoms with Gasteiger partial charge in [0.25, 0.3) is 0 Å². The van der Waals surface area contributed by atoms with E-state index >= 15 is 0 Å². The molecule has 2 rings (SSSR count). The monoisotopic (exact) mass is 209 g/mol. The number of halogens is 1. The van der Waals surface area contributed by atoms with Crippen LogP contribution < -0.4 is 5.73 Å². The van der Waals surface area contributed by atoms with E-state index in [1.807, 2.05) is 29.8 Å². The highest BCUT2D eigenvalue weighted by Gasteiger charge is 2.10. The average Bonchev–Trinajstić information content (AvgIpc) is 2.57. The zero-order valence-corrected chi connectivity index (χ0v) is 8.75. The second-order valence-electron chi connectivity index (χ2n) is 3.10. The number of fused-ring (bicyclic) bond motifs is 1. The van der Waals surface area contributed by atoms with Gasteiger partial charge in [0.1, 0.15) is 5.52 Å². The van der Waals surface area contributed by atoms with Crippen molar-refractivity contribution in [1.29, 1.82) is 0 Å². The third kappa shape index (κ3) is 1.29. The molecule has 0 saturated heterocycles. The Labute approximate surface area is 87.5 Å². The number of hydrogen-bond acceptors (Lipinski definition) is 2. The molecule has 0 aliphatic heterocycles. The number of aryl methyl sites for hydroxylation is 1. The average molecular weight is 210 g/mol. The van der Waals surface area contributed by atoms with Crippen molar-refractivity contribution in [2.45, 2.75) is 20.0 Å². The smallest absolute Gasteiger partial charge is 0.111 e. The molecule has 0 fully saturated rings. The summed E-state index contributed by atoms with van der Waals surface area (Å²) in [7, 11) is 0. The first kappa shape index (κ1) is 9.49. The Kier molecular flexibility index (Phi) is 2.44. The highest BCUT2D eigenvalue weighted by molar-refractivity contribution is 6.35. The summed E-state index contributed by atoms with van der Waals surface area (Å²) in [6.07, 6.45) is 0. The van der Waals surface area contributed by atoms with Crippen LogP contribution in [0.4, 0.5) is 0 Å². The number of aromatic nitrogens is 2. The summed E-state index contributed by atoms with van der Waals surface area (Å²) in [5, 5.41) is 6.15. The molecule has 14 heavy (non-hydrogen) atoms. The van der Waals surface area contributed by atoms with E-state index in [2.05, 4.69) is 5.10 Å². The van der Waals surface area contributed by atoms with E-state index < -0.39 is 0 Å². The van der Waals surface area contributed by atoms with Gasteiger partial charge in [0.15, 0.2) is 0 Å². The fraction of sp³-hybridized carbons (Fsp3) is 0.300. The predicted octanol–water partition coefficient (Wildman–Crippen LogP) is 2.17. The van der Waals surface area contributed by atoms with Crippen LogP contribution in [0.5, 0.6) is 0 Å². The van der Waals surface area contributed by atoms with Gasteiger partial charge in [-0.2, -0.15) is 5.10 Å². The molecule has 2 N–H and O–H groups in total. The summed E-state index contributed by atoms with van der Waals surface area (Å²) in [6.45, 7) is 3.35. The van der Waals surface area contributed by atoms with Crippen LogP contribution in [0.2, 0.25) is 5.02 Å². The molecule has 0 atom stereocenters. The highest BCUT2D eigenvalue weighted by atomic mass is 35.5. The van der Waals surface area contributed by atoms with Crippen molar-refractivity contribution in [1.82, 2.24) is 9.78 Å². The topological polar surface area (TPSA) is 43.8 Å². The summed E-state index contributed by atoms with van der Waals surface area (Å²) in [6, 6.07) is 5.77. The van der Waals surface area contributed by atoms with Gasteiger partial charge in [-0.25, -0.2) is 0 Å². The highest BCUT2D eigenvalue weighted by Crippen LogP contribution is 2.24. The third-order valence-corrected chi connectivity index (χ3v) is 2.63. The maximum atomic E-state index is 6.04. The van der Waals surface area contributed by atoms with Crippen LogP contribution in [0.1, 0.15) is 12.6 Å². The summed E-state index contributed by atoms with van der Waals surface area (Å²) in [4.78, 5) is 0. The standard InChI is InChI=1S/C10H12ClN3/c1-2-14-9(6-12)7-4-3-5-8(11)10(7)13-14/h3-5H,2,6,12H2,1H3. The molecule has 0 unspecified atom stereocenters. The molecule has 0 aliphatic carbocycles. The maximum absolute atomic E-state index is 6.04. The number of rotatable bonds is 2. The lowest BCUT2D eigenvalue weighted by Crippen LogP contribution is -2.07. The van der Waals surface area contributed by atoms with Crippen LogP contribution >= 0.6 is 11.6 Å². The second-order valence-corrected chi connectivity index (χ2v) is 3.51. The van der Waals surface area contributed by atoms with Gasteiger partial charge in [-0.3, -0.25) is 4.68 Å². The van der Waals surface area contributed by atoms with Crippen LogP contribution in [0, 0.1) is 0 Å². The van der Waals surface area contributed by atoms with Crippen molar-refractivity contribution in [2.24, 2.45) is 5.73 Å². The van der Waals surface area contributed by atoms with E-state index in [0.29, 0.717) is 11.6 Å². The summed E-state index contributed by atoms with van der Waals surface area (Å²) in [5.41, 5.74) is 7.57. The molecule has 0 amide bonds. The van der Waals surface area contributed by atoms with Crippen molar-refractivity contribution >= 4 is 22.5 Å². The van der Waals surface area contributed by atoms with Gasteiger partial charge < -0.3 is 5.73 Å². The number of nitrogens with zero attached hydrogens (tertiary/aromatic N) is 2. The van der Waals surface area contributed by atoms with Crippen LogP contribution in [-0.2, 0) is 13.1 Å². The zero-order chi connectivity index (χ0) is 10.1. The van der Waals surface area contributed by atoms with Crippen LogP contribution in [0.3, 0.4) is 0 Å². The molecule has 3 nitrogen and oxygen atoms in total. The third-order valence-electron chi connectivity index (χ3n) is 2.32. The Morgan fingerprint density at radius 3 is 2.93 bits per heavy atom. The van der Waals surface area contributed by atoms with Crippen molar-refractivity contribution in [3.05, 3.63) is 28.9 Å². The number of hydrogen-bond donors (Lipinski definition) is 1. The van der Waals surface area contributed by atoms with Gasteiger partial charge in [0.2, 0.25) is 0 Å². The Balaban J connectivity index is 2.79. The van der Waals surface area contributed by atoms with E-state index in [4.69, 9.17) is 17.3 Å². The molecule has 0 saturated carbocycles. The predicted molar refractivity (Wildman–Crippen MR) is 58.3 cm³/mol. The van der Waals surface area contributed by atoms with E-state index in [0.717, 1.165) is 23.1 Å². The molecule has 1 heterocycles. The lowest BCUT2D eigenvalue weighted by atomic mass is 10.2. The van der Waals surface area contributed by atoms with E-state index in [9.17, 15) is 0 Å². The Morgan fingerprint density at radius 2 is 2.29 bits per heavy atom. The van der Waals surface area contributed by atoms with Gasteiger partial charge in [-0.05, 0) is 13.0 Å². The minimum atomic E-state index is 0.491. The fourth-order valence-electron chi connectivity index (χ4n) is 1.65. The van der Waals surface area contributed by atoms with Gasteiger partial charge in [-0.15, -0.1) is 0 Å². The van der Waals surface area contributed by atoms with Gasteiger partial charge in [0, 0.05) is 18.5 Å². The molecular formula is C10H12ClN3. The lowest BCUT2D eigenvalue weighted by molar-refractivity contribution is 0.630. The molecule has 0 spiro atoms. The Morgan fingerprint density at radius 1 is 1.50 bits per heavy atom. The molecule has 1 aromatic heterocycles. The van der Waals surface area contributed by atoms with Crippen LogP contribution in [0.15, 0.2) is 18.2 Å². The second kappa shape index (κ2) is 3.59. The largest absolute Gasteiger partial charge is 0.325 e. The Hall–Kier alpha value is -1.06. The van der Waals surface area contributed by atoms with E-state index in [1.54, 1.807) is 0 Å². The van der Waals surface area contributed by atoms with Crippen molar-refractivity contribution < 1.29 is 0 Å². The molecule has 0 bridgehead atoms. The van der Waals surface area contributed by atoms with Gasteiger partial charge in [0.05, 0.1) is 10.7 Å². The molecule has 0 radical (unpaired) electrons. The summed E-state index contributed by atoms with van der Waals surface area (Å²) in [5.74, 6) is 0. The molecule has 74 valence electrons. The fourth-order valence-corrected chi connectivity index (χ4v) is 1.86. The van der Waals surface area contributed by atoms with Crippen LogP contribution in [0.25, 0.3) is 10.9 Å². The van der Waals surface area contributed by atoms with E-state index in [1.165, 1.54) is 0 Å². The lowest BCUT2D eigenvalue weighted by Gasteiger charge is -2.00. The zero-order valence-electron chi connectivity index (χ0n) is 8.00. The molecule has 4 heteroatoms. The quantitative estimate of drug-likeness (QED) is 0.824. The van der Waals surface area contributed by atoms with Crippen molar-refractivity contribution in [3.63, 3.8) is 0 Å². The molecular weight excluding hydrogens is 198 g/mol. The number of nitrogens with two attached hydrogens (primary N) is 1. The molecule has 0 aliphatic rings. The normalized spacial score (nSPS) is 11.1. The number of benzene rings is 1. The van der Waals surface area contributed by atoms with Gasteiger partial charge in [-0.1, -0.05) is 23.7 Å².